The molecule has 3 rings (SSSR count). The standard InChI is InChI=1S/C20H24ClN3OS/c1-2-25-19-9-4-3-8-18(19)22-20(26)24-12-10-23(11-13-24)15-16-6-5-7-17(21)14-16/h3-9,14H,2,10-13,15H2,1H3,(H,22,26). The minimum absolute atomic E-state index is 0.633. The van der Waals surface area contributed by atoms with Gasteiger partial charge in [-0.15, -0.1) is 0 Å². The van der Waals surface area contributed by atoms with E-state index in [0.29, 0.717) is 6.61 Å². The maximum Gasteiger partial charge on any atom is 0.173 e. The van der Waals surface area contributed by atoms with Gasteiger partial charge in [0, 0.05) is 37.7 Å². The van der Waals surface area contributed by atoms with Crippen molar-refractivity contribution in [2.45, 2.75) is 13.5 Å². The van der Waals surface area contributed by atoms with Crippen LogP contribution in [-0.2, 0) is 6.54 Å². The van der Waals surface area contributed by atoms with Gasteiger partial charge in [0.25, 0.3) is 0 Å². The Morgan fingerprint density at radius 1 is 1.12 bits per heavy atom. The second-order valence-electron chi connectivity index (χ2n) is 6.25. The summed E-state index contributed by atoms with van der Waals surface area (Å²) in [4.78, 5) is 4.64. The second-order valence-corrected chi connectivity index (χ2v) is 7.08. The lowest BCUT2D eigenvalue weighted by atomic mass is 10.2. The van der Waals surface area contributed by atoms with Gasteiger partial charge in [0.2, 0.25) is 0 Å². The van der Waals surface area contributed by atoms with Crippen molar-refractivity contribution < 1.29 is 4.74 Å². The highest BCUT2D eigenvalue weighted by atomic mass is 35.5. The summed E-state index contributed by atoms with van der Waals surface area (Å²) >= 11 is 11.7. The van der Waals surface area contributed by atoms with E-state index in [1.54, 1.807) is 0 Å². The molecule has 0 amide bonds. The van der Waals surface area contributed by atoms with Gasteiger partial charge in [0.05, 0.1) is 12.3 Å². The molecular formula is C20H24ClN3OS. The molecule has 0 saturated carbocycles. The minimum atomic E-state index is 0.633. The van der Waals surface area contributed by atoms with Crippen LogP contribution in [0, 0.1) is 0 Å². The number of nitrogens with one attached hydrogen (secondary N) is 1. The molecular weight excluding hydrogens is 366 g/mol. The second kappa shape index (κ2) is 9.21. The third kappa shape index (κ3) is 5.10. The van der Waals surface area contributed by atoms with Gasteiger partial charge in [0.1, 0.15) is 5.75 Å². The number of thiocarbonyl (C=S) groups is 1. The lowest BCUT2D eigenvalue weighted by molar-refractivity contribution is 0.177. The molecule has 138 valence electrons. The maximum absolute atomic E-state index is 6.08. The fourth-order valence-electron chi connectivity index (χ4n) is 3.05. The predicted octanol–water partition coefficient (Wildman–Crippen LogP) is 4.25. The number of para-hydroxylation sites is 2. The van der Waals surface area contributed by atoms with Gasteiger partial charge < -0.3 is 15.0 Å². The molecule has 0 aliphatic carbocycles. The number of nitrogens with zero attached hydrogens (tertiary/aromatic N) is 2. The number of anilines is 1. The molecule has 1 saturated heterocycles. The van der Waals surface area contributed by atoms with Crippen molar-refractivity contribution in [2.24, 2.45) is 0 Å². The molecule has 1 aliphatic rings. The molecule has 0 atom stereocenters. The van der Waals surface area contributed by atoms with Crippen LogP contribution in [0.4, 0.5) is 5.69 Å². The van der Waals surface area contributed by atoms with Gasteiger partial charge in [-0.25, -0.2) is 0 Å². The van der Waals surface area contributed by atoms with Crippen molar-refractivity contribution in [3.8, 4) is 5.75 Å². The first-order valence-corrected chi connectivity index (χ1v) is 9.69. The molecule has 26 heavy (non-hydrogen) atoms. The summed E-state index contributed by atoms with van der Waals surface area (Å²) in [5.74, 6) is 0.831. The van der Waals surface area contributed by atoms with E-state index in [0.717, 1.165) is 54.3 Å². The third-order valence-corrected chi connectivity index (χ3v) is 4.98. The highest BCUT2D eigenvalue weighted by Gasteiger charge is 2.19. The minimum Gasteiger partial charge on any atom is -0.492 e. The third-order valence-electron chi connectivity index (χ3n) is 4.38. The Labute approximate surface area is 165 Å². The van der Waals surface area contributed by atoms with Crippen molar-refractivity contribution in [2.75, 3.05) is 38.1 Å². The fraction of sp³-hybridized carbons (Fsp3) is 0.350. The van der Waals surface area contributed by atoms with E-state index in [1.807, 2.05) is 49.4 Å². The highest BCUT2D eigenvalue weighted by Crippen LogP contribution is 2.24. The van der Waals surface area contributed by atoms with Crippen molar-refractivity contribution in [3.05, 3.63) is 59.1 Å². The van der Waals surface area contributed by atoms with Gasteiger partial charge in [-0.05, 0) is 49.0 Å². The van der Waals surface area contributed by atoms with E-state index in [-0.39, 0.29) is 0 Å². The molecule has 1 aliphatic heterocycles. The summed E-state index contributed by atoms with van der Waals surface area (Å²) in [5.41, 5.74) is 2.16. The first-order valence-electron chi connectivity index (χ1n) is 8.90. The predicted molar refractivity (Wildman–Crippen MR) is 112 cm³/mol. The Morgan fingerprint density at radius 3 is 2.62 bits per heavy atom. The molecule has 0 bridgehead atoms. The van der Waals surface area contributed by atoms with Crippen molar-refractivity contribution in [1.82, 2.24) is 9.80 Å². The van der Waals surface area contributed by atoms with E-state index >= 15 is 0 Å². The molecule has 1 N–H and O–H groups in total. The van der Waals surface area contributed by atoms with Crippen LogP contribution in [-0.4, -0.2) is 47.7 Å². The SMILES string of the molecule is CCOc1ccccc1NC(=S)N1CCN(Cc2cccc(Cl)c2)CC1. The normalized spacial score (nSPS) is 14.9. The molecule has 0 spiro atoms. The zero-order valence-corrected chi connectivity index (χ0v) is 16.5. The van der Waals surface area contributed by atoms with Crippen LogP contribution in [0.25, 0.3) is 0 Å². The maximum atomic E-state index is 6.08. The van der Waals surface area contributed by atoms with Crippen molar-refractivity contribution >= 4 is 34.6 Å². The fourth-order valence-corrected chi connectivity index (χ4v) is 3.55. The molecule has 1 fully saturated rings. The Morgan fingerprint density at radius 2 is 1.88 bits per heavy atom. The molecule has 0 radical (unpaired) electrons. The van der Waals surface area contributed by atoms with Gasteiger partial charge in [-0.3, -0.25) is 4.90 Å². The zero-order valence-electron chi connectivity index (χ0n) is 15.0. The lowest BCUT2D eigenvalue weighted by Crippen LogP contribution is -2.49. The summed E-state index contributed by atoms with van der Waals surface area (Å²) in [6.07, 6.45) is 0. The Bertz CT molecular complexity index is 747. The summed E-state index contributed by atoms with van der Waals surface area (Å²) in [6, 6.07) is 16.0. The van der Waals surface area contributed by atoms with E-state index in [4.69, 9.17) is 28.6 Å². The molecule has 1 heterocycles. The van der Waals surface area contributed by atoms with E-state index in [9.17, 15) is 0 Å². The summed E-state index contributed by atoms with van der Waals surface area (Å²) in [5, 5.41) is 4.87. The number of hydrogen-bond acceptors (Lipinski definition) is 3. The van der Waals surface area contributed by atoms with Crippen LogP contribution in [0.3, 0.4) is 0 Å². The first kappa shape index (κ1) is 19.0. The average molecular weight is 390 g/mol. The van der Waals surface area contributed by atoms with Gasteiger partial charge in [-0.2, -0.15) is 0 Å². The first-order chi connectivity index (χ1) is 12.7. The Hall–Kier alpha value is -1.82. The highest BCUT2D eigenvalue weighted by molar-refractivity contribution is 7.80. The van der Waals surface area contributed by atoms with Crippen LogP contribution >= 0.6 is 23.8 Å². The summed E-state index contributed by atoms with van der Waals surface area (Å²) < 4.78 is 5.66. The molecule has 2 aromatic carbocycles. The molecule has 0 aromatic heterocycles. The van der Waals surface area contributed by atoms with Crippen LogP contribution in [0.1, 0.15) is 12.5 Å². The summed E-state index contributed by atoms with van der Waals surface area (Å²) in [6.45, 7) is 7.29. The average Bonchev–Trinajstić information content (AvgIpc) is 2.64. The van der Waals surface area contributed by atoms with Gasteiger partial charge in [0.15, 0.2) is 5.11 Å². The molecule has 2 aromatic rings. The van der Waals surface area contributed by atoms with Crippen LogP contribution in [0.5, 0.6) is 5.75 Å². The summed E-state index contributed by atoms with van der Waals surface area (Å²) in [7, 11) is 0. The van der Waals surface area contributed by atoms with E-state index in [1.165, 1.54) is 5.56 Å². The molecule has 6 heteroatoms. The monoisotopic (exact) mass is 389 g/mol. The van der Waals surface area contributed by atoms with E-state index in [2.05, 4.69) is 21.2 Å². The molecule has 4 nitrogen and oxygen atoms in total. The van der Waals surface area contributed by atoms with Gasteiger partial charge >= 0.3 is 0 Å². The van der Waals surface area contributed by atoms with Crippen LogP contribution in [0.15, 0.2) is 48.5 Å². The number of rotatable bonds is 5. The largest absolute Gasteiger partial charge is 0.492 e. The Balaban J connectivity index is 1.52. The molecule has 0 unspecified atom stereocenters. The topological polar surface area (TPSA) is 27.7 Å². The van der Waals surface area contributed by atoms with Crippen LogP contribution in [0.2, 0.25) is 5.02 Å². The lowest BCUT2D eigenvalue weighted by Gasteiger charge is -2.36. The number of hydrogen-bond donors (Lipinski definition) is 1. The number of ether oxygens (including phenoxy) is 1. The number of halogens is 1. The number of benzene rings is 2. The quantitative estimate of drug-likeness (QED) is 0.771. The van der Waals surface area contributed by atoms with Crippen LogP contribution < -0.4 is 10.1 Å². The smallest absolute Gasteiger partial charge is 0.173 e. The Kier molecular flexibility index (Phi) is 6.72. The number of piperazine rings is 1. The van der Waals surface area contributed by atoms with Crippen molar-refractivity contribution in [3.63, 3.8) is 0 Å². The zero-order chi connectivity index (χ0) is 18.4. The van der Waals surface area contributed by atoms with Gasteiger partial charge in [-0.1, -0.05) is 35.9 Å². The van der Waals surface area contributed by atoms with E-state index < -0.39 is 0 Å². The van der Waals surface area contributed by atoms with Crippen molar-refractivity contribution in [1.29, 1.82) is 0 Å².